The zero-order valence-electron chi connectivity index (χ0n) is 24.0. The van der Waals surface area contributed by atoms with Gasteiger partial charge in [0, 0.05) is 22.8 Å². The molecule has 40 heavy (non-hydrogen) atoms. The zero-order valence-corrected chi connectivity index (χ0v) is 24.0. The van der Waals surface area contributed by atoms with E-state index in [1.165, 1.54) is 44.6 Å². The summed E-state index contributed by atoms with van der Waals surface area (Å²) in [5, 5.41) is 0. The van der Waals surface area contributed by atoms with Crippen LogP contribution in [-0.2, 0) is 22.6 Å². The quantitative estimate of drug-likeness (QED) is 0.0846. The maximum atomic E-state index is 15.2. The molecule has 0 unspecified atom stereocenters. The first kappa shape index (κ1) is 31.0. The molecule has 6 heteroatoms. The maximum Gasteiger partial charge on any atom is 0.333 e. The van der Waals surface area contributed by atoms with Crippen LogP contribution in [0, 0.1) is 5.82 Å². The van der Waals surface area contributed by atoms with E-state index < -0.39 is 5.97 Å². The van der Waals surface area contributed by atoms with Gasteiger partial charge in [-0.05, 0) is 67.6 Å². The average molecular weight is 551 g/mol. The summed E-state index contributed by atoms with van der Waals surface area (Å²) in [6, 6.07) is 12.5. The molecule has 0 aliphatic carbocycles. The van der Waals surface area contributed by atoms with Gasteiger partial charge in [-0.3, -0.25) is 0 Å². The minimum atomic E-state index is -0.406. The van der Waals surface area contributed by atoms with Crippen molar-refractivity contribution >= 4 is 5.97 Å². The lowest BCUT2D eigenvalue weighted by molar-refractivity contribution is -0.139. The van der Waals surface area contributed by atoms with Crippen LogP contribution < -0.4 is 9.47 Å². The molecular formula is C34H43FO5. The van der Waals surface area contributed by atoms with E-state index in [1.54, 1.807) is 25.5 Å². The second kappa shape index (κ2) is 17.2. The molecule has 0 aliphatic heterocycles. The van der Waals surface area contributed by atoms with Crippen LogP contribution in [0.1, 0.15) is 82.8 Å². The Balaban J connectivity index is 1.59. The van der Waals surface area contributed by atoms with Crippen molar-refractivity contribution in [3.63, 3.8) is 0 Å². The standard InChI is InChI=1S/C34H43FO5/c1-4-5-6-7-8-9-10-11-19-38-30-15-16-31(32(35)23-30)28-14-17-33(40-25-27-18-21-37-24-27)29(22-28)13-12-20-39-34(36)26(2)3/h14-18,21-24H,2,4-13,19-20,25H2,1,3H3. The average Bonchev–Trinajstić information content (AvgIpc) is 3.47. The van der Waals surface area contributed by atoms with Crippen LogP contribution in [-0.4, -0.2) is 19.2 Å². The Kier molecular flexibility index (Phi) is 13.3. The van der Waals surface area contributed by atoms with Crippen LogP contribution in [0.4, 0.5) is 4.39 Å². The molecule has 0 radical (unpaired) electrons. The second-order valence-electron chi connectivity index (χ2n) is 10.2. The minimum absolute atomic E-state index is 0.260. The first-order chi connectivity index (χ1) is 19.5. The highest BCUT2D eigenvalue weighted by Gasteiger charge is 2.12. The fourth-order valence-electron chi connectivity index (χ4n) is 4.42. The van der Waals surface area contributed by atoms with Gasteiger partial charge in [0.05, 0.1) is 25.7 Å². The summed E-state index contributed by atoms with van der Waals surface area (Å²) in [4.78, 5) is 11.7. The summed E-state index contributed by atoms with van der Waals surface area (Å²) in [6.45, 7) is 8.67. The molecule has 0 saturated carbocycles. The van der Waals surface area contributed by atoms with Crippen molar-refractivity contribution in [2.45, 2.75) is 84.7 Å². The molecule has 0 spiro atoms. The summed E-state index contributed by atoms with van der Waals surface area (Å²) in [5.74, 6) is 0.504. The molecule has 1 heterocycles. The van der Waals surface area contributed by atoms with Gasteiger partial charge in [0.15, 0.2) is 0 Å². The summed E-state index contributed by atoms with van der Waals surface area (Å²) in [5.41, 5.74) is 3.43. The third kappa shape index (κ3) is 10.6. The smallest absolute Gasteiger partial charge is 0.333 e. The van der Waals surface area contributed by atoms with E-state index in [2.05, 4.69) is 13.5 Å². The van der Waals surface area contributed by atoms with Gasteiger partial charge in [0.2, 0.25) is 0 Å². The van der Waals surface area contributed by atoms with Crippen LogP contribution in [0.25, 0.3) is 11.1 Å². The third-order valence-electron chi connectivity index (χ3n) is 6.73. The molecule has 0 fully saturated rings. The lowest BCUT2D eigenvalue weighted by atomic mass is 9.99. The Morgan fingerprint density at radius 3 is 2.38 bits per heavy atom. The van der Waals surface area contributed by atoms with Crippen molar-refractivity contribution in [2.75, 3.05) is 13.2 Å². The number of carbonyl (C=O) groups is 1. The Bertz CT molecular complexity index is 1190. The molecule has 216 valence electrons. The molecule has 0 N–H and O–H groups in total. The SMILES string of the molecule is C=C(C)C(=O)OCCCc1cc(-c2ccc(OCCCCCCCCCC)cc2F)ccc1OCc1ccoc1. The number of hydrogen-bond acceptors (Lipinski definition) is 5. The first-order valence-corrected chi connectivity index (χ1v) is 14.5. The largest absolute Gasteiger partial charge is 0.493 e. The van der Waals surface area contributed by atoms with Crippen molar-refractivity contribution in [1.82, 2.24) is 0 Å². The number of aryl methyl sites for hydroxylation is 1. The fourth-order valence-corrected chi connectivity index (χ4v) is 4.42. The number of esters is 1. The number of rotatable bonds is 19. The van der Waals surface area contributed by atoms with Gasteiger partial charge < -0.3 is 18.6 Å². The fraction of sp³-hybridized carbons (Fsp3) is 0.441. The van der Waals surface area contributed by atoms with E-state index in [-0.39, 0.29) is 12.4 Å². The van der Waals surface area contributed by atoms with Crippen molar-refractivity contribution in [3.05, 3.63) is 84.1 Å². The topological polar surface area (TPSA) is 57.9 Å². The van der Waals surface area contributed by atoms with Gasteiger partial charge >= 0.3 is 5.97 Å². The van der Waals surface area contributed by atoms with E-state index in [4.69, 9.17) is 18.6 Å². The number of furan rings is 1. The van der Waals surface area contributed by atoms with Crippen molar-refractivity contribution < 1.29 is 27.8 Å². The Hall–Kier alpha value is -3.54. The van der Waals surface area contributed by atoms with Crippen LogP contribution in [0.15, 0.2) is 71.6 Å². The van der Waals surface area contributed by atoms with E-state index in [0.717, 1.165) is 29.5 Å². The molecule has 0 bridgehead atoms. The lowest BCUT2D eigenvalue weighted by Crippen LogP contribution is -2.07. The van der Waals surface area contributed by atoms with Crippen molar-refractivity contribution in [3.8, 4) is 22.6 Å². The van der Waals surface area contributed by atoms with Crippen LogP contribution in [0.5, 0.6) is 11.5 Å². The number of hydrogen-bond donors (Lipinski definition) is 0. The van der Waals surface area contributed by atoms with E-state index in [1.807, 2.05) is 30.3 Å². The zero-order chi connectivity index (χ0) is 28.6. The first-order valence-electron chi connectivity index (χ1n) is 14.5. The molecule has 2 aromatic carbocycles. The van der Waals surface area contributed by atoms with Gasteiger partial charge in [-0.2, -0.15) is 0 Å². The molecule has 0 atom stereocenters. The van der Waals surface area contributed by atoms with Gasteiger partial charge in [-0.15, -0.1) is 0 Å². The molecular weight excluding hydrogens is 507 g/mol. The summed E-state index contributed by atoms with van der Waals surface area (Å²) < 4.78 is 37.4. The molecule has 1 aromatic heterocycles. The summed E-state index contributed by atoms with van der Waals surface area (Å²) in [7, 11) is 0. The number of halogens is 1. The molecule has 0 amide bonds. The van der Waals surface area contributed by atoms with Gasteiger partial charge in [0.25, 0.3) is 0 Å². The van der Waals surface area contributed by atoms with E-state index >= 15 is 4.39 Å². The van der Waals surface area contributed by atoms with Gasteiger partial charge in [-0.25, -0.2) is 9.18 Å². The van der Waals surface area contributed by atoms with Crippen LogP contribution in [0.3, 0.4) is 0 Å². The lowest BCUT2D eigenvalue weighted by Gasteiger charge is -2.14. The number of carbonyl (C=O) groups excluding carboxylic acids is 1. The predicted octanol–water partition coefficient (Wildman–Crippen LogP) is 9.24. The van der Waals surface area contributed by atoms with E-state index in [9.17, 15) is 4.79 Å². The third-order valence-corrected chi connectivity index (χ3v) is 6.73. The highest BCUT2D eigenvalue weighted by Crippen LogP contribution is 2.31. The Labute approximate surface area is 238 Å². The van der Waals surface area contributed by atoms with Crippen molar-refractivity contribution in [2.24, 2.45) is 0 Å². The molecule has 3 rings (SSSR count). The monoisotopic (exact) mass is 550 g/mol. The van der Waals surface area contributed by atoms with Crippen LogP contribution >= 0.6 is 0 Å². The van der Waals surface area contributed by atoms with Gasteiger partial charge in [0.1, 0.15) is 23.9 Å². The maximum absolute atomic E-state index is 15.2. The van der Waals surface area contributed by atoms with Crippen LogP contribution in [0.2, 0.25) is 0 Å². The Morgan fingerprint density at radius 1 is 0.900 bits per heavy atom. The predicted molar refractivity (Wildman–Crippen MR) is 157 cm³/mol. The highest BCUT2D eigenvalue weighted by molar-refractivity contribution is 5.86. The summed E-state index contributed by atoms with van der Waals surface area (Å²) >= 11 is 0. The van der Waals surface area contributed by atoms with Gasteiger partial charge in [-0.1, -0.05) is 64.5 Å². The molecule has 0 saturated heterocycles. The Morgan fingerprint density at radius 2 is 1.68 bits per heavy atom. The normalized spacial score (nSPS) is 10.9. The molecule has 0 aliphatic rings. The second-order valence-corrected chi connectivity index (χ2v) is 10.2. The van der Waals surface area contributed by atoms with E-state index in [0.29, 0.717) is 48.7 Å². The number of benzene rings is 2. The minimum Gasteiger partial charge on any atom is -0.493 e. The molecule has 3 aromatic rings. The van der Waals surface area contributed by atoms with Crippen molar-refractivity contribution in [1.29, 1.82) is 0 Å². The molecule has 5 nitrogen and oxygen atoms in total. The highest BCUT2D eigenvalue weighted by atomic mass is 19.1. The number of unbranched alkanes of at least 4 members (excludes halogenated alkanes) is 7. The number of ether oxygens (including phenoxy) is 3. The summed E-state index contributed by atoms with van der Waals surface area (Å²) in [6.07, 6.45) is 14.3.